The van der Waals surface area contributed by atoms with Gasteiger partial charge in [-0.25, -0.2) is 0 Å². The number of amides is 1. The summed E-state index contributed by atoms with van der Waals surface area (Å²) >= 11 is 0. The van der Waals surface area contributed by atoms with Crippen LogP contribution in [-0.2, 0) is 4.79 Å². The number of hydrogen-bond acceptors (Lipinski definition) is 2. The molecule has 3 unspecified atom stereocenters. The van der Waals surface area contributed by atoms with E-state index in [-0.39, 0.29) is 17.9 Å². The van der Waals surface area contributed by atoms with Gasteiger partial charge in [0.05, 0.1) is 6.07 Å². The molecule has 2 aliphatic rings. The molecule has 2 fully saturated rings. The van der Waals surface area contributed by atoms with Crippen LogP contribution in [0, 0.1) is 29.1 Å². The summed E-state index contributed by atoms with van der Waals surface area (Å²) in [5.41, 5.74) is 0. The number of nitrogens with zero attached hydrogens (tertiary/aromatic N) is 1. The van der Waals surface area contributed by atoms with Crippen LogP contribution in [0.15, 0.2) is 0 Å². The number of fused-ring (bicyclic) bond motifs is 1. The van der Waals surface area contributed by atoms with Gasteiger partial charge in [0.2, 0.25) is 5.91 Å². The molecule has 15 heavy (non-hydrogen) atoms. The second-order valence-corrected chi connectivity index (χ2v) is 4.74. The number of nitriles is 1. The predicted octanol–water partition coefficient (Wildman–Crippen LogP) is 1.84. The third-order valence-electron chi connectivity index (χ3n) is 3.84. The van der Waals surface area contributed by atoms with E-state index in [0.29, 0.717) is 18.3 Å². The second-order valence-electron chi connectivity index (χ2n) is 4.74. The number of rotatable bonds is 3. The van der Waals surface area contributed by atoms with E-state index >= 15 is 0 Å². The van der Waals surface area contributed by atoms with E-state index in [2.05, 4.69) is 11.4 Å². The van der Waals surface area contributed by atoms with Crippen molar-refractivity contribution in [2.24, 2.45) is 17.8 Å². The Morgan fingerprint density at radius 1 is 1.47 bits per heavy atom. The Morgan fingerprint density at radius 2 is 2.07 bits per heavy atom. The molecule has 0 aromatic heterocycles. The molecule has 0 spiro atoms. The largest absolute Gasteiger partial charge is 0.340 e. The van der Waals surface area contributed by atoms with E-state index in [0.717, 1.165) is 0 Å². The smallest absolute Gasteiger partial charge is 0.224 e. The highest BCUT2D eigenvalue weighted by molar-refractivity contribution is 5.82. The minimum atomic E-state index is -0.292. The van der Waals surface area contributed by atoms with E-state index in [1.165, 1.54) is 25.7 Å². The van der Waals surface area contributed by atoms with Gasteiger partial charge in [-0.1, -0.05) is 19.8 Å². The van der Waals surface area contributed by atoms with Crippen LogP contribution in [0.3, 0.4) is 0 Å². The van der Waals surface area contributed by atoms with Crippen molar-refractivity contribution < 1.29 is 4.79 Å². The maximum atomic E-state index is 11.8. The average Bonchev–Trinajstić information content (AvgIpc) is 2.99. The molecule has 3 atom stereocenters. The van der Waals surface area contributed by atoms with Crippen molar-refractivity contribution in [2.45, 2.75) is 45.1 Å². The van der Waals surface area contributed by atoms with Crippen molar-refractivity contribution >= 4 is 5.91 Å². The molecule has 0 aromatic rings. The highest BCUT2D eigenvalue weighted by Crippen LogP contribution is 2.55. The molecule has 0 radical (unpaired) electrons. The van der Waals surface area contributed by atoms with Gasteiger partial charge in [-0.05, 0) is 31.1 Å². The Hall–Kier alpha value is -1.04. The summed E-state index contributed by atoms with van der Waals surface area (Å²) < 4.78 is 0. The van der Waals surface area contributed by atoms with Gasteiger partial charge in [-0.3, -0.25) is 4.79 Å². The molecule has 2 rings (SSSR count). The van der Waals surface area contributed by atoms with Crippen LogP contribution in [-0.4, -0.2) is 11.9 Å². The van der Waals surface area contributed by atoms with Crippen molar-refractivity contribution in [3.05, 3.63) is 0 Å². The van der Waals surface area contributed by atoms with Gasteiger partial charge < -0.3 is 5.32 Å². The van der Waals surface area contributed by atoms with Crippen LogP contribution in [0.1, 0.15) is 39.0 Å². The zero-order chi connectivity index (χ0) is 10.8. The van der Waals surface area contributed by atoms with E-state index in [1.54, 1.807) is 0 Å². The van der Waals surface area contributed by atoms with Crippen LogP contribution >= 0.6 is 0 Å². The van der Waals surface area contributed by atoms with Gasteiger partial charge in [0.25, 0.3) is 0 Å². The molecule has 0 aliphatic heterocycles. The quantitative estimate of drug-likeness (QED) is 0.766. The van der Waals surface area contributed by atoms with Crippen LogP contribution in [0.5, 0.6) is 0 Å². The first kappa shape index (κ1) is 10.5. The summed E-state index contributed by atoms with van der Waals surface area (Å²) in [6, 6.07) is 1.82. The van der Waals surface area contributed by atoms with Gasteiger partial charge in [0, 0.05) is 5.92 Å². The first-order valence-electron chi connectivity index (χ1n) is 5.98. The fourth-order valence-electron chi connectivity index (χ4n) is 2.87. The zero-order valence-electron chi connectivity index (χ0n) is 9.20. The van der Waals surface area contributed by atoms with E-state index in [4.69, 9.17) is 5.26 Å². The molecule has 1 amide bonds. The number of carbonyl (C=O) groups excluding carboxylic acids is 1. The number of carbonyl (C=O) groups is 1. The summed E-state index contributed by atoms with van der Waals surface area (Å²) in [5, 5.41) is 11.6. The molecule has 82 valence electrons. The predicted molar refractivity (Wildman–Crippen MR) is 56.8 cm³/mol. The van der Waals surface area contributed by atoms with Gasteiger partial charge in [0.15, 0.2) is 0 Å². The second kappa shape index (κ2) is 4.22. The van der Waals surface area contributed by atoms with Crippen LogP contribution in [0.4, 0.5) is 0 Å². The zero-order valence-corrected chi connectivity index (χ0v) is 9.20. The van der Waals surface area contributed by atoms with Crippen LogP contribution < -0.4 is 5.32 Å². The van der Waals surface area contributed by atoms with Crippen molar-refractivity contribution in [2.75, 3.05) is 0 Å². The summed E-state index contributed by atoms with van der Waals surface area (Å²) in [7, 11) is 0. The van der Waals surface area contributed by atoms with Crippen LogP contribution in [0.2, 0.25) is 0 Å². The average molecular weight is 206 g/mol. The molecule has 3 heteroatoms. The Morgan fingerprint density at radius 3 is 2.53 bits per heavy atom. The molecule has 0 bridgehead atoms. The molecule has 0 aromatic carbocycles. The molecule has 3 nitrogen and oxygen atoms in total. The highest BCUT2D eigenvalue weighted by atomic mass is 16.2. The van der Waals surface area contributed by atoms with E-state index < -0.39 is 0 Å². The third-order valence-corrected chi connectivity index (χ3v) is 3.84. The molecular formula is C12H18N2O. The van der Waals surface area contributed by atoms with E-state index in [9.17, 15) is 4.79 Å². The van der Waals surface area contributed by atoms with Gasteiger partial charge in [-0.2, -0.15) is 5.26 Å². The van der Waals surface area contributed by atoms with Crippen molar-refractivity contribution in [3.8, 4) is 6.07 Å². The molecular weight excluding hydrogens is 188 g/mol. The van der Waals surface area contributed by atoms with Crippen molar-refractivity contribution in [1.82, 2.24) is 5.32 Å². The highest BCUT2D eigenvalue weighted by Gasteiger charge is 2.54. The Labute approximate surface area is 90.8 Å². The number of hydrogen-bond donors (Lipinski definition) is 1. The maximum absolute atomic E-state index is 11.8. The molecule has 2 aliphatic carbocycles. The summed E-state index contributed by atoms with van der Waals surface area (Å²) in [6.07, 6.45) is 5.68. The summed E-state index contributed by atoms with van der Waals surface area (Å²) in [5.74, 6) is 1.63. The van der Waals surface area contributed by atoms with Crippen molar-refractivity contribution in [3.63, 3.8) is 0 Å². The number of nitrogens with one attached hydrogen (secondary N) is 1. The lowest BCUT2D eigenvalue weighted by molar-refractivity contribution is -0.123. The Balaban J connectivity index is 1.85. The summed E-state index contributed by atoms with van der Waals surface area (Å²) in [6.45, 7) is 1.92. The first-order chi connectivity index (χ1) is 7.27. The lowest BCUT2D eigenvalue weighted by atomic mass is 10.0. The van der Waals surface area contributed by atoms with E-state index in [1.807, 2.05) is 6.92 Å². The van der Waals surface area contributed by atoms with Crippen molar-refractivity contribution in [1.29, 1.82) is 5.26 Å². The fraction of sp³-hybridized carbons (Fsp3) is 0.833. The molecule has 1 N–H and O–H groups in total. The molecule has 0 saturated heterocycles. The lowest BCUT2D eigenvalue weighted by Crippen LogP contribution is -2.34. The Kier molecular flexibility index (Phi) is 2.95. The standard InChI is InChI=1S/C12H18N2O/c1-2-8(7-13)14-12(15)11-9-5-3-4-6-10(9)11/h8-11H,2-6H2,1H3,(H,14,15). The topological polar surface area (TPSA) is 52.9 Å². The minimum absolute atomic E-state index is 0.125. The Bertz CT molecular complexity index is 282. The molecule has 0 heterocycles. The third kappa shape index (κ3) is 1.99. The summed E-state index contributed by atoms with van der Waals surface area (Å²) in [4.78, 5) is 11.8. The lowest BCUT2D eigenvalue weighted by Gasteiger charge is -2.08. The first-order valence-corrected chi connectivity index (χ1v) is 5.98. The maximum Gasteiger partial charge on any atom is 0.224 e. The van der Waals surface area contributed by atoms with Gasteiger partial charge in [-0.15, -0.1) is 0 Å². The SMILES string of the molecule is CCC(C#N)NC(=O)C1C2CCCCC21. The monoisotopic (exact) mass is 206 g/mol. The fourth-order valence-corrected chi connectivity index (χ4v) is 2.87. The van der Waals surface area contributed by atoms with Gasteiger partial charge >= 0.3 is 0 Å². The minimum Gasteiger partial charge on any atom is -0.340 e. The van der Waals surface area contributed by atoms with Gasteiger partial charge in [0.1, 0.15) is 6.04 Å². The normalized spacial score (nSPS) is 34.8. The van der Waals surface area contributed by atoms with Crippen LogP contribution in [0.25, 0.3) is 0 Å². The molecule has 2 saturated carbocycles.